The summed E-state index contributed by atoms with van der Waals surface area (Å²) >= 11 is 3.28. The van der Waals surface area contributed by atoms with Crippen molar-refractivity contribution in [2.45, 2.75) is 13.3 Å². The fourth-order valence-corrected chi connectivity index (χ4v) is 1.85. The molecule has 1 aromatic heterocycles. The van der Waals surface area contributed by atoms with Crippen LogP contribution in [0.15, 0.2) is 22.8 Å². The van der Waals surface area contributed by atoms with Gasteiger partial charge in [-0.25, -0.2) is 9.19 Å². The average Bonchev–Trinajstić information content (AvgIpc) is 2.09. The van der Waals surface area contributed by atoms with E-state index >= 15 is 0 Å². The molecule has 0 aliphatic carbocycles. The van der Waals surface area contributed by atoms with Gasteiger partial charge in [-0.1, -0.05) is 6.92 Å². The van der Waals surface area contributed by atoms with Crippen molar-refractivity contribution in [3.8, 4) is 0 Å². The lowest BCUT2D eigenvalue weighted by atomic mass is 10.5. The topological polar surface area (TPSA) is 42.0 Å². The van der Waals surface area contributed by atoms with Crippen molar-refractivity contribution >= 4 is 32.7 Å². The van der Waals surface area contributed by atoms with Crippen LogP contribution in [0.25, 0.3) is 0 Å². The minimum absolute atomic E-state index is 0.648. The van der Waals surface area contributed by atoms with Gasteiger partial charge in [-0.05, 0) is 34.5 Å². The number of nitrogens with zero attached hydrogens (tertiary/aromatic N) is 1. The molecular weight excluding hydrogens is 252 g/mol. The van der Waals surface area contributed by atoms with Gasteiger partial charge < -0.3 is 0 Å². The molecule has 0 aliphatic heterocycles. The summed E-state index contributed by atoms with van der Waals surface area (Å²) in [7, 11) is -1.01. The summed E-state index contributed by atoms with van der Waals surface area (Å²) in [6, 6.07) is 3.65. The van der Waals surface area contributed by atoms with Crippen LogP contribution in [0.3, 0.4) is 0 Å². The van der Waals surface area contributed by atoms with Crippen LogP contribution in [0, 0.1) is 0 Å². The molecule has 3 nitrogen and oxygen atoms in total. The van der Waals surface area contributed by atoms with Crippen LogP contribution in [0.1, 0.15) is 13.3 Å². The number of hydrogen-bond donors (Lipinski definition) is 1. The highest BCUT2D eigenvalue weighted by Gasteiger charge is 1.98. The van der Waals surface area contributed by atoms with Crippen molar-refractivity contribution in [1.82, 2.24) is 4.98 Å². The lowest BCUT2D eigenvalue weighted by Gasteiger charge is -2.03. The normalized spacial score (nSPS) is 12.5. The van der Waals surface area contributed by atoms with Crippen LogP contribution in [0.2, 0.25) is 0 Å². The first-order valence-electron chi connectivity index (χ1n) is 3.99. The van der Waals surface area contributed by atoms with Gasteiger partial charge in [-0.3, -0.25) is 4.72 Å². The number of pyridine rings is 1. The Hall–Kier alpha value is -0.420. The summed E-state index contributed by atoms with van der Waals surface area (Å²) in [5, 5.41) is 0. The van der Waals surface area contributed by atoms with E-state index < -0.39 is 11.0 Å². The second kappa shape index (κ2) is 5.34. The molecule has 0 amide bonds. The molecule has 0 saturated heterocycles. The molecule has 0 aliphatic rings. The Kier molecular flexibility index (Phi) is 4.38. The lowest BCUT2D eigenvalue weighted by molar-refractivity contribution is 0.685. The third-order valence-corrected chi connectivity index (χ3v) is 3.02. The van der Waals surface area contributed by atoms with E-state index in [0.717, 1.165) is 10.9 Å². The molecule has 0 fully saturated rings. The Labute approximate surface area is 88.7 Å². The summed E-state index contributed by atoms with van der Waals surface area (Å²) in [6.45, 7) is 1.99. The molecule has 1 atom stereocenters. The molecule has 1 aromatic rings. The van der Waals surface area contributed by atoms with Crippen molar-refractivity contribution < 1.29 is 4.21 Å². The minimum Gasteiger partial charge on any atom is -0.289 e. The quantitative estimate of drug-likeness (QED) is 0.905. The SMILES string of the molecule is CCCS(=O)Nc1ccc(Br)cn1. The molecule has 1 rings (SSSR count). The van der Waals surface area contributed by atoms with Gasteiger partial charge in [0.25, 0.3) is 0 Å². The first-order chi connectivity index (χ1) is 6.22. The van der Waals surface area contributed by atoms with E-state index in [4.69, 9.17) is 0 Å². The first kappa shape index (κ1) is 10.7. The summed E-state index contributed by atoms with van der Waals surface area (Å²) < 4.78 is 15.0. The highest BCUT2D eigenvalue weighted by molar-refractivity contribution is 9.10. The van der Waals surface area contributed by atoms with Gasteiger partial charge in [0.1, 0.15) is 16.8 Å². The second-order valence-corrected chi connectivity index (χ2v) is 4.73. The first-order valence-corrected chi connectivity index (χ1v) is 6.10. The number of anilines is 1. The number of hydrogen-bond acceptors (Lipinski definition) is 2. The summed E-state index contributed by atoms with van der Waals surface area (Å²) in [4.78, 5) is 4.05. The van der Waals surface area contributed by atoms with Crippen molar-refractivity contribution in [3.63, 3.8) is 0 Å². The van der Waals surface area contributed by atoms with Crippen LogP contribution < -0.4 is 4.72 Å². The van der Waals surface area contributed by atoms with E-state index in [-0.39, 0.29) is 0 Å². The van der Waals surface area contributed by atoms with E-state index in [1.54, 1.807) is 12.3 Å². The molecule has 13 heavy (non-hydrogen) atoms. The summed E-state index contributed by atoms with van der Waals surface area (Å²) in [6.07, 6.45) is 2.57. The molecular formula is C8H11BrN2OS. The minimum atomic E-state index is -1.01. The van der Waals surface area contributed by atoms with Crippen LogP contribution in [0.5, 0.6) is 0 Å². The zero-order valence-electron chi connectivity index (χ0n) is 7.29. The van der Waals surface area contributed by atoms with Gasteiger partial charge in [-0.2, -0.15) is 0 Å². The van der Waals surface area contributed by atoms with Crippen LogP contribution >= 0.6 is 15.9 Å². The van der Waals surface area contributed by atoms with E-state index in [0.29, 0.717) is 11.6 Å². The second-order valence-electron chi connectivity index (χ2n) is 2.51. The standard InChI is InChI=1S/C8H11BrN2OS/c1-2-5-13(12)11-8-4-3-7(9)6-10-8/h3-4,6H,2,5H2,1H3,(H,10,11). The Bertz CT molecular complexity index is 289. The molecule has 0 bridgehead atoms. The molecule has 0 spiro atoms. The van der Waals surface area contributed by atoms with E-state index in [9.17, 15) is 4.21 Å². The Balaban J connectivity index is 2.54. The van der Waals surface area contributed by atoms with Gasteiger partial charge in [-0.15, -0.1) is 0 Å². The molecule has 1 unspecified atom stereocenters. The van der Waals surface area contributed by atoms with E-state index in [1.165, 1.54) is 0 Å². The Morgan fingerprint density at radius 3 is 2.92 bits per heavy atom. The van der Waals surface area contributed by atoms with Gasteiger partial charge in [0, 0.05) is 16.4 Å². The molecule has 0 aromatic carbocycles. The molecule has 0 saturated carbocycles. The van der Waals surface area contributed by atoms with E-state index in [2.05, 4.69) is 25.6 Å². The molecule has 1 heterocycles. The molecule has 72 valence electrons. The van der Waals surface area contributed by atoms with Gasteiger partial charge in [0.05, 0.1) is 0 Å². The highest BCUT2D eigenvalue weighted by atomic mass is 79.9. The third kappa shape index (κ3) is 3.87. The maximum Gasteiger partial charge on any atom is 0.137 e. The number of nitrogens with one attached hydrogen (secondary N) is 1. The van der Waals surface area contributed by atoms with Crippen LogP contribution in [-0.4, -0.2) is 14.9 Å². The monoisotopic (exact) mass is 262 g/mol. The molecule has 5 heteroatoms. The average molecular weight is 263 g/mol. The number of rotatable bonds is 4. The zero-order chi connectivity index (χ0) is 9.68. The summed E-state index contributed by atoms with van der Waals surface area (Å²) in [5.74, 6) is 1.30. The predicted molar refractivity (Wildman–Crippen MR) is 58.9 cm³/mol. The fraction of sp³-hybridized carbons (Fsp3) is 0.375. The largest absolute Gasteiger partial charge is 0.289 e. The highest BCUT2D eigenvalue weighted by Crippen LogP contribution is 2.10. The van der Waals surface area contributed by atoms with Crippen molar-refractivity contribution in [3.05, 3.63) is 22.8 Å². The maximum absolute atomic E-state index is 11.2. The van der Waals surface area contributed by atoms with Gasteiger partial charge >= 0.3 is 0 Å². The maximum atomic E-state index is 11.2. The zero-order valence-corrected chi connectivity index (χ0v) is 9.69. The lowest BCUT2D eigenvalue weighted by Crippen LogP contribution is -2.08. The van der Waals surface area contributed by atoms with Crippen LogP contribution in [0.4, 0.5) is 5.82 Å². The smallest absolute Gasteiger partial charge is 0.137 e. The predicted octanol–water partition coefficient (Wildman–Crippen LogP) is 2.33. The van der Waals surface area contributed by atoms with Gasteiger partial charge in [0.2, 0.25) is 0 Å². The third-order valence-electron chi connectivity index (χ3n) is 1.34. The number of halogens is 1. The Morgan fingerprint density at radius 1 is 1.62 bits per heavy atom. The molecule has 0 radical (unpaired) electrons. The fourth-order valence-electron chi connectivity index (χ4n) is 0.789. The van der Waals surface area contributed by atoms with Crippen molar-refractivity contribution in [1.29, 1.82) is 0 Å². The summed E-state index contributed by atoms with van der Waals surface area (Å²) in [5.41, 5.74) is 0. The van der Waals surface area contributed by atoms with Crippen molar-refractivity contribution in [2.24, 2.45) is 0 Å². The Morgan fingerprint density at radius 2 is 2.38 bits per heavy atom. The van der Waals surface area contributed by atoms with E-state index in [1.807, 2.05) is 13.0 Å². The molecule has 1 N–H and O–H groups in total. The number of aromatic nitrogens is 1. The van der Waals surface area contributed by atoms with Crippen molar-refractivity contribution in [2.75, 3.05) is 10.5 Å². The van der Waals surface area contributed by atoms with Gasteiger partial charge in [0.15, 0.2) is 0 Å². The van der Waals surface area contributed by atoms with Crippen LogP contribution in [-0.2, 0) is 11.0 Å².